The number of rotatable bonds is 4. The highest BCUT2D eigenvalue weighted by atomic mass is 16.5. The molecule has 0 bridgehead atoms. The molecule has 2 fully saturated rings. The predicted molar refractivity (Wildman–Crippen MR) is 137 cm³/mol. The van der Waals surface area contributed by atoms with Gasteiger partial charge in [-0.15, -0.1) is 0 Å². The Balaban J connectivity index is 1.81. The molecule has 2 aromatic carbocycles. The lowest BCUT2D eigenvalue weighted by atomic mass is 9.85. The minimum Gasteiger partial charge on any atom is -0.508 e. The number of phenols is 3. The summed E-state index contributed by atoms with van der Waals surface area (Å²) < 4.78 is 17.2. The van der Waals surface area contributed by atoms with Crippen molar-refractivity contribution in [1.82, 2.24) is 0 Å². The average molecular weight is 579 g/mol. The van der Waals surface area contributed by atoms with Crippen LogP contribution in [0.25, 0.3) is 22.3 Å². The van der Waals surface area contributed by atoms with Gasteiger partial charge in [-0.25, -0.2) is 0 Å². The normalized spacial score (nSPS) is 34.1. The minimum atomic E-state index is -1.98. The Hall–Kier alpha value is -3.31. The maximum Gasteiger partial charge on any atom is 0.197 e. The summed E-state index contributed by atoms with van der Waals surface area (Å²) in [5, 5.41) is 104. The number of hydrogen-bond acceptors (Lipinski definition) is 14. The molecule has 0 aliphatic carbocycles. The number of aliphatic hydroxyl groups excluding tert-OH is 7. The Labute approximate surface area is 231 Å². The molecule has 0 unspecified atom stereocenters. The quantitative estimate of drug-likeness (QED) is 0.172. The van der Waals surface area contributed by atoms with E-state index in [1.807, 2.05) is 0 Å². The lowest BCUT2D eigenvalue weighted by Gasteiger charge is -2.42. The van der Waals surface area contributed by atoms with Crippen LogP contribution < -0.4 is 5.43 Å². The molecule has 0 radical (unpaired) electrons. The molecule has 41 heavy (non-hydrogen) atoms. The van der Waals surface area contributed by atoms with E-state index in [9.17, 15) is 55.9 Å². The van der Waals surface area contributed by atoms with Gasteiger partial charge >= 0.3 is 0 Å². The summed E-state index contributed by atoms with van der Waals surface area (Å²) in [7, 11) is 0. The summed E-state index contributed by atoms with van der Waals surface area (Å²) in [6.07, 6.45) is -16.9. The summed E-state index contributed by atoms with van der Waals surface area (Å²) >= 11 is 0. The summed E-state index contributed by atoms with van der Waals surface area (Å²) in [4.78, 5) is 13.4. The van der Waals surface area contributed by atoms with E-state index in [2.05, 4.69) is 0 Å². The zero-order chi connectivity index (χ0) is 29.9. The fraction of sp³-hybridized carbons (Fsp3) is 0.444. The van der Waals surface area contributed by atoms with Crippen LogP contribution in [-0.4, -0.2) is 107 Å². The van der Waals surface area contributed by atoms with Crippen molar-refractivity contribution >= 4 is 11.0 Å². The molecule has 14 heteroatoms. The Bertz CT molecular complexity index is 1480. The van der Waals surface area contributed by atoms with Gasteiger partial charge < -0.3 is 65.0 Å². The van der Waals surface area contributed by atoms with Crippen LogP contribution in [0.4, 0.5) is 0 Å². The lowest BCUT2D eigenvalue weighted by molar-refractivity contribution is -0.232. The van der Waals surface area contributed by atoms with Crippen molar-refractivity contribution in [2.24, 2.45) is 0 Å². The average Bonchev–Trinajstić information content (AvgIpc) is 2.94. The monoisotopic (exact) mass is 578 g/mol. The number of ether oxygens (including phenoxy) is 2. The van der Waals surface area contributed by atoms with E-state index in [4.69, 9.17) is 13.9 Å². The summed E-state index contributed by atoms with van der Waals surface area (Å²) in [6, 6.07) is 6.51. The molecule has 14 nitrogen and oxygen atoms in total. The van der Waals surface area contributed by atoms with Gasteiger partial charge in [0.2, 0.25) is 0 Å². The maximum atomic E-state index is 13.4. The number of phenolic OH excluding ortho intramolecular Hbond substituents is 3. The number of aromatic hydroxyl groups is 3. The van der Waals surface area contributed by atoms with E-state index in [0.29, 0.717) is 5.56 Å². The number of aliphatic hydroxyl groups is 7. The third-order valence-electron chi connectivity index (χ3n) is 7.66. The summed E-state index contributed by atoms with van der Waals surface area (Å²) in [5.74, 6) is -2.01. The fourth-order valence-electron chi connectivity index (χ4n) is 5.34. The summed E-state index contributed by atoms with van der Waals surface area (Å²) in [5.41, 5.74) is -2.16. The van der Waals surface area contributed by atoms with Gasteiger partial charge in [0.15, 0.2) is 11.0 Å². The van der Waals surface area contributed by atoms with Gasteiger partial charge in [-0.05, 0) is 31.2 Å². The van der Waals surface area contributed by atoms with Gasteiger partial charge in [0.1, 0.15) is 83.3 Å². The third-order valence-corrected chi connectivity index (χ3v) is 7.66. The van der Waals surface area contributed by atoms with Crippen LogP contribution in [0.5, 0.6) is 17.2 Å². The smallest absolute Gasteiger partial charge is 0.197 e. The molecule has 0 spiro atoms. The molecule has 2 aliphatic rings. The first-order valence-electron chi connectivity index (χ1n) is 12.7. The van der Waals surface area contributed by atoms with Gasteiger partial charge in [0, 0.05) is 11.6 Å². The molecule has 3 aromatic rings. The zero-order valence-electron chi connectivity index (χ0n) is 21.5. The van der Waals surface area contributed by atoms with Crippen molar-refractivity contribution < 1.29 is 65.0 Å². The molecule has 5 rings (SSSR count). The van der Waals surface area contributed by atoms with Crippen LogP contribution in [0, 0.1) is 0 Å². The Kier molecular flexibility index (Phi) is 7.71. The largest absolute Gasteiger partial charge is 0.508 e. The Morgan fingerprint density at radius 3 is 1.93 bits per heavy atom. The Morgan fingerprint density at radius 1 is 0.732 bits per heavy atom. The third kappa shape index (κ3) is 4.72. The van der Waals surface area contributed by atoms with Gasteiger partial charge in [0.05, 0.1) is 23.8 Å². The highest BCUT2D eigenvalue weighted by Gasteiger charge is 2.49. The molecular weight excluding hydrogens is 548 g/mol. The van der Waals surface area contributed by atoms with Crippen molar-refractivity contribution in [3.05, 3.63) is 51.7 Å². The first-order valence-corrected chi connectivity index (χ1v) is 12.7. The van der Waals surface area contributed by atoms with Crippen molar-refractivity contribution in [3.63, 3.8) is 0 Å². The standard InChI is InChI=1S/C27H30O14/c1-8-17(31)21(35)23(37)27(39-8)16-20(34)15(26-24(38)22(36)18(32)13(7-28)41-26)19(33)14-11(30)6-12(40-25(14)16)9-2-4-10(29)5-3-9/h2-6,8,13,17-18,21-24,26-29,31-38H,7H2,1H3/t8-,13+,17-,18+,21+,22-,23+,24+,26-,27-/m0/s1. The lowest BCUT2D eigenvalue weighted by Crippen LogP contribution is -2.55. The number of benzene rings is 2. The van der Waals surface area contributed by atoms with Gasteiger partial charge in [-0.2, -0.15) is 0 Å². The topological polar surface area (TPSA) is 251 Å². The van der Waals surface area contributed by atoms with E-state index in [0.717, 1.165) is 6.07 Å². The van der Waals surface area contributed by atoms with Crippen LogP contribution in [0.15, 0.2) is 39.5 Å². The van der Waals surface area contributed by atoms with E-state index >= 15 is 0 Å². The van der Waals surface area contributed by atoms with Crippen LogP contribution in [0.3, 0.4) is 0 Å². The number of hydrogen-bond donors (Lipinski definition) is 10. The van der Waals surface area contributed by atoms with Crippen LogP contribution in [0.2, 0.25) is 0 Å². The van der Waals surface area contributed by atoms with E-state index in [-0.39, 0.29) is 11.5 Å². The van der Waals surface area contributed by atoms with E-state index < -0.39 is 107 Å². The van der Waals surface area contributed by atoms with E-state index in [1.54, 1.807) is 0 Å². The van der Waals surface area contributed by atoms with Gasteiger partial charge in [-0.3, -0.25) is 4.79 Å². The molecule has 3 heterocycles. The number of fused-ring (bicyclic) bond motifs is 1. The van der Waals surface area contributed by atoms with Crippen LogP contribution >= 0.6 is 0 Å². The highest BCUT2D eigenvalue weighted by molar-refractivity contribution is 5.92. The van der Waals surface area contributed by atoms with E-state index in [1.165, 1.54) is 31.2 Å². The fourth-order valence-corrected chi connectivity index (χ4v) is 5.34. The van der Waals surface area contributed by atoms with Gasteiger partial charge in [-0.1, -0.05) is 0 Å². The zero-order valence-corrected chi connectivity index (χ0v) is 21.5. The van der Waals surface area contributed by atoms with Crippen LogP contribution in [0.1, 0.15) is 30.3 Å². The predicted octanol–water partition coefficient (Wildman–Crippen LogP) is -1.37. The molecule has 0 amide bonds. The molecule has 222 valence electrons. The highest BCUT2D eigenvalue weighted by Crippen LogP contribution is 2.50. The van der Waals surface area contributed by atoms with Gasteiger partial charge in [0.25, 0.3) is 0 Å². The van der Waals surface area contributed by atoms with Crippen molar-refractivity contribution in [1.29, 1.82) is 0 Å². The molecule has 2 aliphatic heterocycles. The van der Waals surface area contributed by atoms with Crippen molar-refractivity contribution in [2.45, 2.75) is 68.0 Å². The molecule has 2 saturated heterocycles. The second-order valence-corrected chi connectivity index (χ2v) is 10.2. The minimum absolute atomic E-state index is 0.0719. The Morgan fingerprint density at radius 2 is 1.32 bits per heavy atom. The second kappa shape index (κ2) is 10.8. The van der Waals surface area contributed by atoms with Crippen molar-refractivity contribution in [3.8, 4) is 28.6 Å². The molecule has 1 aromatic heterocycles. The second-order valence-electron chi connectivity index (χ2n) is 10.2. The van der Waals surface area contributed by atoms with Crippen molar-refractivity contribution in [2.75, 3.05) is 6.61 Å². The maximum absolute atomic E-state index is 13.4. The van der Waals surface area contributed by atoms with Crippen LogP contribution in [-0.2, 0) is 9.47 Å². The first-order chi connectivity index (χ1) is 19.4. The first kappa shape index (κ1) is 29.2. The molecular formula is C27H30O14. The molecule has 10 N–H and O–H groups in total. The SMILES string of the molecule is C[C@@H]1O[C@@H](c2c(O)c([C@@H]3O[C@H](CO)[C@@H](O)[C@H](O)[C@H]3O)c(O)c3c(=O)cc(-c4ccc(O)cc4)oc23)[C@H](O)[C@H](O)[C@H]1O. The molecule has 10 atom stereocenters. The molecule has 0 saturated carbocycles. The summed E-state index contributed by atoms with van der Waals surface area (Å²) in [6.45, 7) is 0.552.